The number of anilines is 1. The Labute approximate surface area is 155 Å². The van der Waals surface area contributed by atoms with Gasteiger partial charge in [0.25, 0.3) is 0 Å². The fourth-order valence-electron chi connectivity index (χ4n) is 2.27. The molecule has 1 aromatic heterocycles. The van der Waals surface area contributed by atoms with E-state index in [9.17, 15) is 4.79 Å². The van der Waals surface area contributed by atoms with Crippen molar-refractivity contribution in [3.63, 3.8) is 0 Å². The molecule has 1 N–H and O–H groups in total. The summed E-state index contributed by atoms with van der Waals surface area (Å²) in [7, 11) is 0. The molecule has 0 aliphatic heterocycles. The Balaban J connectivity index is 1.76. The van der Waals surface area contributed by atoms with Crippen molar-refractivity contribution in [3.05, 3.63) is 69.1 Å². The number of hydrogen-bond donors (Lipinski definition) is 1. The van der Waals surface area contributed by atoms with E-state index in [-0.39, 0.29) is 12.3 Å². The van der Waals surface area contributed by atoms with Gasteiger partial charge in [-0.25, -0.2) is 4.98 Å². The van der Waals surface area contributed by atoms with Crippen LogP contribution in [0.5, 0.6) is 11.5 Å². The molecule has 0 aliphatic carbocycles. The lowest BCUT2D eigenvalue weighted by molar-refractivity contribution is -0.115. The third-order valence-electron chi connectivity index (χ3n) is 3.47. The van der Waals surface area contributed by atoms with Crippen molar-refractivity contribution >= 4 is 34.5 Å². The van der Waals surface area contributed by atoms with Crippen LogP contribution in [0.15, 0.2) is 47.8 Å². The Hall–Kier alpha value is -2.37. The van der Waals surface area contributed by atoms with Gasteiger partial charge in [0.15, 0.2) is 5.75 Å². The number of aromatic nitrogens is 1. The third-order valence-corrected chi connectivity index (χ3v) is 4.53. The smallest absolute Gasteiger partial charge is 0.230 e. The summed E-state index contributed by atoms with van der Waals surface area (Å²) in [6.07, 6.45) is 0.209. The summed E-state index contributed by atoms with van der Waals surface area (Å²) in [5.74, 6) is 1.07. The molecule has 0 atom stereocenters. The molecule has 0 fully saturated rings. The van der Waals surface area contributed by atoms with Crippen molar-refractivity contribution in [2.45, 2.75) is 20.3 Å². The van der Waals surface area contributed by atoms with Gasteiger partial charge in [-0.3, -0.25) is 4.79 Å². The Bertz CT molecular complexity index is 891. The van der Waals surface area contributed by atoms with Gasteiger partial charge in [-0.05, 0) is 44.2 Å². The van der Waals surface area contributed by atoms with E-state index >= 15 is 0 Å². The van der Waals surface area contributed by atoms with Crippen LogP contribution in [0.1, 0.15) is 16.3 Å². The number of aryl methyl sites for hydroxylation is 2. The fraction of sp³-hybridized carbons (Fsp3) is 0.158. The van der Waals surface area contributed by atoms with Gasteiger partial charge < -0.3 is 10.1 Å². The lowest BCUT2D eigenvalue weighted by atomic mass is 10.2. The van der Waals surface area contributed by atoms with Crippen molar-refractivity contribution in [2.75, 3.05) is 5.32 Å². The number of nitrogens with zero attached hydrogens (tertiary/aromatic N) is 1. The Kier molecular flexibility index (Phi) is 5.36. The number of carbonyl (C=O) groups excluding carboxylic acids is 1. The van der Waals surface area contributed by atoms with Crippen LogP contribution < -0.4 is 10.1 Å². The molecule has 4 nitrogen and oxygen atoms in total. The molecule has 1 amide bonds. The minimum absolute atomic E-state index is 0.165. The quantitative estimate of drug-likeness (QED) is 0.653. The minimum atomic E-state index is -0.165. The Morgan fingerprint density at radius 1 is 1.20 bits per heavy atom. The van der Waals surface area contributed by atoms with Gasteiger partial charge in [-0.2, -0.15) is 0 Å². The van der Waals surface area contributed by atoms with E-state index in [1.54, 1.807) is 18.2 Å². The third kappa shape index (κ3) is 4.81. The number of rotatable bonds is 5. The van der Waals surface area contributed by atoms with Crippen molar-refractivity contribution in [2.24, 2.45) is 0 Å². The molecule has 128 valence electrons. The van der Waals surface area contributed by atoms with Crippen molar-refractivity contribution in [1.82, 2.24) is 4.98 Å². The average Bonchev–Trinajstić information content (AvgIpc) is 2.97. The van der Waals surface area contributed by atoms with E-state index in [1.165, 1.54) is 11.3 Å². The highest BCUT2D eigenvalue weighted by Gasteiger charge is 2.12. The molecular formula is C19H17ClN2O2S. The molecule has 2 aromatic carbocycles. The van der Waals surface area contributed by atoms with Crippen molar-refractivity contribution in [3.8, 4) is 11.5 Å². The summed E-state index contributed by atoms with van der Waals surface area (Å²) in [6.45, 7) is 3.93. The van der Waals surface area contributed by atoms with Gasteiger partial charge in [0, 0.05) is 10.4 Å². The number of nitrogens with one attached hydrogen (secondary N) is 1. The SMILES string of the molecule is Cc1ccc(Oc2ccc(Cl)cc2NC(=O)Cc2csc(C)n2)cc1. The molecule has 0 bridgehead atoms. The molecule has 0 spiro atoms. The Morgan fingerprint density at radius 3 is 2.64 bits per heavy atom. The first-order chi connectivity index (χ1) is 12.0. The van der Waals surface area contributed by atoms with E-state index in [1.807, 2.05) is 43.5 Å². The summed E-state index contributed by atoms with van der Waals surface area (Å²) in [5, 5.41) is 6.21. The van der Waals surface area contributed by atoms with Crippen LogP contribution in [-0.4, -0.2) is 10.9 Å². The molecule has 6 heteroatoms. The first kappa shape index (κ1) is 17.5. The standard InChI is InChI=1S/C19H17ClN2O2S/c1-12-3-6-16(7-4-12)24-18-8-5-14(20)9-17(18)22-19(23)10-15-11-25-13(2)21-15/h3-9,11H,10H2,1-2H3,(H,22,23). The summed E-state index contributed by atoms with van der Waals surface area (Å²) in [4.78, 5) is 16.6. The lowest BCUT2D eigenvalue weighted by Crippen LogP contribution is -2.15. The maximum absolute atomic E-state index is 12.3. The number of carbonyl (C=O) groups is 1. The van der Waals surface area contributed by atoms with Gasteiger partial charge in [0.1, 0.15) is 5.75 Å². The van der Waals surface area contributed by atoms with E-state index in [2.05, 4.69) is 10.3 Å². The van der Waals surface area contributed by atoms with E-state index in [0.717, 1.165) is 16.3 Å². The zero-order valence-corrected chi connectivity index (χ0v) is 15.4. The monoisotopic (exact) mass is 372 g/mol. The molecule has 25 heavy (non-hydrogen) atoms. The molecule has 0 saturated heterocycles. The fourth-order valence-corrected chi connectivity index (χ4v) is 3.06. The van der Waals surface area contributed by atoms with Crippen molar-refractivity contribution in [1.29, 1.82) is 0 Å². The number of amides is 1. The number of thiazole rings is 1. The Morgan fingerprint density at radius 2 is 1.96 bits per heavy atom. The predicted molar refractivity (Wildman–Crippen MR) is 102 cm³/mol. The number of ether oxygens (including phenoxy) is 1. The van der Waals surface area contributed by atoms with Crippen molar-refractivity contribution < 1.29 is 9.53 Å². The van der Waals surface area contributed by atoms with Gasteiger partial charge in [-0.1, -0.05) is 29.3 Å². The van der Waals surface area contributed by atoms with Gasteiger partial charge in [0.2, 0.25) is 5.91 Å². The second kappa shape index (κ2) is 7.68. The largest absolute Gasteiger partial charge is 0.455 e. The highest BCUT2D eigenvalue weighted by Crippen LogP contribution is 2.32. The molecule has 3 rings (SSSR count). The lowest BCUT2D eigenvalue weighted by Gasteiger charge is -2.13. The number of halogens is 1. The molecule has 0 saturated carbocycles. The molecular weight excluding hydrogens is 356 g/mol. The summed E-state index contributed by atoms with van der Waals surface area (Å²) in [5.41, 5.74) is 2.43. The molecule has 0 unspecified atom stereocenters. The summed E-state index contributed by atoms with van der Waals surface area (Å²) >= 11 is 7.59. The van der Waals surface area contributed by atoms with Crippen LogP contribution in [0.2, 0.25) is 5.02 Å². The minimum Gasteiger partial charge on any atom is -0.455 e. The highest BCUT2D eigenvalue weighted by molar-refractivity contribution is 7.09. The van der Waals surface area contributed by atoms with Crippen LogP contribution >= 0.6 is 22.9 Å². The van der Waals surface area contributed by atoms with E-state index < -0.39 is 0 Å². The molecule has 1 heterocycles. The molecule has 0 aliphatic rings. The topological polar surface area (TPSA) is 51.2 Å². The molecule has 0 radical (unpaired) electrons. The highest BCUT2D eigenvalue weighted by atomic mass is 35.5. The van der Waals surface area contributed by atoms with E-state index in [4.69, 9.17) is 16.3 Å². The van der Waals surface area contributed by atoms with Gasteiger partial charge in [0.05, 0.1) is 22.8 Å². The maximum Gasteiger partial charge on any atom is 0.230 e. The zero-order chi connectivity index (χ0) is 17.8. The zero-order valence-electron chi connectivity index (χ0n) is 13.9. The number of benzene rings is 2. The van der Waals surface area contributed by atoms with Crippen LogP contribution in [0.3, 0.4) is 0 Å². The van der Waals surface area contributed by atoms with Crippen LogP contribution in [0.4, 0.5) is 5.69 Å². The predicted octanol–water partition coefficient (Wildman–Crippen LogP) is 5.39. The first-order valence-corrected chi connectivity index (χ1v) is 9.00. The second-order valence-electron chi connectivity index (χ2n) is 5.64. The van der Waals surface area contributed by atoms with Gasteiger partial charge in [-0.15, -0.1) is 11.3 Å². The molecule has 3 aromatic rings. The van der Waals surface area contributed by atoms with Crippen LogP contribution in [0.25, 0.3) is 0 Å². The number of hydrogen-bond acceptors (Lipinski definition) is 4. The van der Waals surface area contributed by atoms with E-state index in [0.29, 0.717) is 22.2 Å². The maximum atomic E-state index is 12.3. The average molecular weight is 373 g/mol. The summed E-state index contributed by atoms with van der Waals surface area (Å²) in [6, 6.07) is 12.8. The van der Waals surface area contributed by atoms with Crippen LogP contribution in [-0.2, 0) is 11.2 Å². The summed E-state index contributed by atoms with van der Waals surface area (Å²) < 4.78 is 5.89. The second-order valence-corrected chi connectivity index (χ2v) is 7.14. The van der Waals surface area contributed by atoms with Crippen LogP contribution in [0, 0.1) is 13.8 Å². The van der Waals surface area contributed by atoms with Gasteiger partial charge >= 0.3 is 0 Å². The normalized spacial score (nSPS) is 10.5. The first-order valence-electron chi connectivity index (χ1n) is 7.74.